The second kappa shape index (κ2) is 3.82. The number of rotatable bonds is 2. The molecule has 0 amide bonds. The van der Waals surface area contributed by atoms with E-state index in [0.717, 1.165) is 6.42 Å². The average Bonchev–Trinajstić information content (AvgIpc) is 2.18. The lowest BCUT2D eigenvalue weighted by atomic mass is 9.56. The van der Waals surface area contributed by atoms with Gasteiger partial charge in [0, 0.05) is 11.8 Å². The number of ether oxygens (including phenoxy) is 1. The standard InChI is InChI=1S/C12H22O2/c1-9(2)14-11-8-10(13)12(11)6-4-3-5-7-12/h9-11,13H,3-8H2,1-2H3. The summed E-state index contributed by atoms with van der Waals surface area (Å²) in [6.07, 6.45) is 7.62. The highest BCUT2D eigenvalue weighted by Gasteiger charge is 2.55. The Kier molecular flexibility index (Phi) is 2.85. The fourth-order valence-electron chi connectivity index (χ4n) is 3.11. The molecule has 0 aliphatic heterocycles. The molecule has 1 spiro atoms. The van der Waals surface area contributed by atoms with Crippen molar-refractivity contribution in [2.24, 2.45) is 5.41 Å². The van der Waals surface area contributed by atoms with Gasteiger partial charge in [-0.25, -0.2) is 0 Å². The van der Waals surface area contributed by atoms with Crippen LogP contribution in [0.2, 0.25) is 0 Å². The summed E-state index contributed by atoms with van der Waals surface area (Å²) in [4.78, 5) is 0. The first-order valence-electron chi connectivity index (χ1n) is 5.99. The fraction of sp³-hybridized carbons (Fsp3) is 1.00. The second-order valence-electron chi connectivity index (χ2n) is 5.22. The van der Waals surface area contributed by atoms with Crippen LogP contribution in [-0.2, 0) is 4.74 Å². The van der Waals surface area contributed by atoms with Crippen molar-refractivity contribution in [1.29, 1.82) is 0 Å². The van der Waals surface area contributed by atoms with Gasteiger partial charge < -0.3 is 9.84 Å². The van der Waals surface area contributed by atoms with Gasteiger partial charge in [-0.15, -0.1) is 0 Å². The van der Waals surface area contributed by atoms with E-state index >= 15 is 0 Å². The minimum absolute atomic E-state index is 0.0912. The number of hydrogen-bond acceptors (Lipinski definition) is 2. The van der Waals surface area contributed by atoms with Crippen LogP contribution >= 0.6 is 0 Å². The van der Waals surface area contributed by atoms with Gasteiger partial charge in [0.1, 0.15) is 0 Å². The quantitative estimate of drug-likeness (QED) is 0.738. The van der Waals surface area contributed by atoms with Gasteiger partial charge in [-0.3, -0.25) is 0 Å². The van der Waals surface area contributed by atoms with Crippen LogP contribution in [0.15, 0.2) is 0 Å². The molecule has 2 aliphatic carbocycles. The van der Waals surface area contributed by atoms with E-state index in [1.807, 2.05) is 0 Å². The lowest BCUT2D eigenvalue weighted by molar-refractivity contribution is -0.217. The van der Waals surface area contributed by atoms with Crippen molar-refractivity contribution in [1.82, 2.24) is 0 Å². The zero-order chi connectivity index (χ0) is 10.2. The van der Waals surface area contributed by atoms with E-state index in [-0.39, 0.29) is 11.5 Å². The van der Waals surface area contributed by atoms with Crippen LogP contribution in [0.5, 0.6) is 0 Å². The van der Waals surface area contributed by atoms with Crippen LogP contribution in [0, 0.1) is 5.41 Å². The Morgan fingerprint density at radius 3 is 2.36 bits per heavy atom. The van der Waals surface area contributed by atoms with Crippen molar-refractivity contribution in [2.45, 2.75) is 70.7 Å². The molecule has 1 N–H and O–H groups in total. The van der Waals surface area contributed by atoms with E-state index in [1.165, 1.54) is 32.1 Å². The molecule has 0 bridgehead atoms. The monoisotopic (exact) mass is 198 g/mol. The van der Waals surface area contributed by atoms with Crippen molar-refractivity contribution in [3.63, 3.8) is 0 Å². The third kappa shape index (κ3) is 1.59. The summed E-state index contributed by atoms with van der Waals surface area (Å²) in [5.74, 6) is 0. The predicted molar refractivity (Wildman–Crippen MR) is 56.2 cm³/mol. The Morgan fingerprint density at radius 2 is 1.86 bits per heavy atom. The summed E-state index contributed by atoms with van der Waals surface area (Å²) in [6.45, 7) is 4.17. The van der Waals surface area contributed by atoms with Crippen LogP contribution in [0.25, 0.3) is 0 Å². The summed E-state index contributed by atoms with van der Waals surface area (Å²) in [6, 6.07) is 0. The molecule has 0 heterocycles. The first-order chi connectivity index (χ1) is 6.65. The van der Waals surface area contributed by atoms with Gasteiger partial charge >= 0.3 is 0 Å². The van der Waals surface area contributed by atoms with Gasteiger partial charge in [0.15, 0.2) is 0 Å². The minimum Gasteiger partial charge on any atom is -0.392 e. The normalized spacial score (nSPS) is 36.0. The second-order valence-corrected chi connectivity index (χ2v) is 5.22. The number of aliphatic hydroxyl groups is 1. The summed E-state index contributed by atoms with van der Waals surface area (Å²) in [5, 5.41) is 9.93. The zero-order valence-corrected chi connectivity index (χ0v) is 9.33. The third-order valence-electron chi connectivity index (χ3n) is 3.96. The highest BCUT2D eigenvalue weighted by atomic mass is 16.5. The molecule has 82 valence electrons. The van der Waals surface area contributed by atoms with Gasteiger partial charge in [0.25, 0.3) is 0 Å². The summed E-state index contributed by atoms with van der Waals surface area (Å²) in [5.41, 5.74) is 0.141. The highest BCUT2D eigenvalue weighted by Crippen LogP contribution is 2.53. The van der Waals surface area contributed by atoms with Gasteiger partial charge in [0.05, 0.1) is 18.3 Å². The topological polar surface area (TPSA) is 29.5 Å². The number of hydrogen-bond donors (Lipinski definition) is 1. The molecule has 0 aromatic heterocycles. The van der Waals surface area contributed by atoms with Crippen molar-refractivity contribution in [3.05, 3.63) is 0 Å². The molecule has 0 aromatic carbocycles. The Morgan fingerprint density at radius 1 is 1.21 bits per heavy atom. The lowest BCUT2D eigenvalue weighted by Gasteiger charge is -2.55. The molecule has 2 heteroatoms. The maximum absolute atomic E-state index is 9.93. The molecular formula is C12H22O2. The van der Waals surface area contributed by atoms with Crippen LogP contribution < -0.4 is 0 Å². The molecule has 0 saturated heterocycles. The molecule has 0 aromatic rings. The Labute approximate surface area is 86.6 Å². The molecule has 14 heavy (non-hydrogen) atoms. The molecule has 2 fully saturated rings. The molecule has 2 atom stereocenters. The summed E-state index contributed by atoms with van der Waals surface area (Å²) in [7, 11) is 0. The van der Waals surface area contributed by atoms with Crippen LogP contribution in [0.4, 0.5) is 0 Å². The summed E-state index contributed by atoms with van der Waals surface area (Å²) >= 11 is 0. The van der Waals surface area contributed by atoms with E-state index in [4.69, 9.17) is 4.74 Å². The molecule has 2 nitrogen and oxygen atoms in total. The van der Waals surface area contributed by atoms with Crippen LogP contribution in [0.3, 0.4) is 0 Å². The van der Waals surface area contributed by atoms with Crippen LogP contribution in [-0.4, -0.2) is 23.4 Å². The molecule has 2 rings (SSSR count). The first-order valence-corrected chi connectivity index (χ1v) is 5.99. The Hall–Kier alpha value is -0.0800. The first kappa shape index (κ1) is 10.4. The Bertz CT molecular complexity index is 194. The molecular weight excluding hydrogens is 176 g/mol. The van der Waals surface area contributed by atoms with Gasteiger partial charge in [-0.05, 0) is 26.7 Å². The summed E-state index contributed by atoms with van der Waals surface area (Å²) < 4.78 is 5.89. The van der Waals surface area contributed by atoms with E-state index in [9.17, 15) is 5.11 Å². The predicted octanol–water partition coefficient (Wildman–Crippen LogP) is 2.50. The highest BCUT2D eigenvalue weighted by molar-refractivity contribution is 5.05. The molecule has 2 aliphatic rings. The molecule has 2 unspecified atom stereocenters. The lowest BCUT2D eigenvalue weighted by Crippen LogP contribution is -2.59. The van der Waals surface area contributed by atoms with E-state index in [2.05, 4.69) is 13.8 Å². The van der Waals surface area contributed by atoms with Gasteiger partial charge in [-0.2, -0.15) is 0 Å². The van der Waals surface area contributed by atoms with E-state index in [0.29, 0.717) is 12.2 Å². The van der Waals surface area contributed by atoms with E-state index < -0.39 is 0 Å². The van der Waals surface area contributed by atoms with Gasteiger partial charge in [-0.1, -0.05) is 19.3 Å². The molecule has 0 radical (unpaired) electrons. The molecule has 2 saturated carbocycles. The number of aliphatic hydroxyl groups excluding tert-OH is 1. The zero-order valence-electron chi connectivity index (χ0n) is 9.33. The average molecular weight is 198 g/mol. The Balaban J connectivity index is 1.99. The van der Waals surface area contributed by atoms with Crippen molar-refractivity contribution < 1.29 is 9.84 Å². The fourth-order valence-corrected chi connectivity index (χ4v) is 3.11. The third-order valence-corrected chi connectivity index (χ3v) is 3.96. The SMILES string of the molecule is CC(C)OC1CC(O)C12CCCCC2. The van der Waals surface area contributed by atoms with Gasteiger partial charge in [0.2, 0.25) is 0 Å². The van der Waals surface area contributed by atoms with Crippen molar-refractivity contribution in [2.75, 3.05) is 0 Å². The minimum atomic E-state index is -0.0912. The maximum atomic E-state index is 9.93. The van der Waals surface area contributed by atoms with Crippen LogP contribution in [0.1, 0.15) is 52.4 Å². The van der Waals surface area contributed by atoms with Crippen molar-refractivity contribution in [3.8, 4) is 0 Å². The largest absolute Gasteiger partial charge is 0.392 e. The van der Waals surface area contributed by atoms with E-state index in [1.54, 1.807) is 0 Å². The smallest absolute Gasteiger partial charge is 0.0684 e. The van der Waals surface area contributed by atoms with Crippen molar-refractivity contribution >= 4 is 0 Å². The maximum Gasteiger partial charge on any atom is 0.0684 e.